The Balaban J connectivity index is 2.16. The average Bonchev–Trinajstić information content (AvgIpc) is 2.39. The van der Waals surface area contributed by atoms with E-state index in [-0.39, 0.29) is 5.84 Å². The van der Waals surface area contributed by atoms with Crippen LogP contribution in [0.3, 0.4) is 0 Å². The molecular weight excluding hydrogens is 216 g/mol. The molecule has 92 valence electrons. The Morgan fingerprint density at radius 2 is 2.24 bits per heavy atom. The van der Waals surface area contributed by atoms with Gasteiger partial charge in [-0.25, -0.2) is 0 Å². The van der Waals surface area contributed by atoms with E-state index < -0.39 is 0 Å². The highest BCUT2D eigenvalue weighted by Crippen LogP contribution is 2.22. The quantitative estimate of drug-likeness (QED) is 0.351. The maximum atomic E-state index is 8.63. The molecule has 0 spiro atoms. The molecule has 0 radical (unpaired) electrons. The number of nitrogens with two attached hydrogens (primary N) is 1. The number of aromatic nitrogens is 1. The summed E-state index contributed by atoms with van der Waals surface area (Å²) >= 11 is 0. The maximum absolute atomic E-state index is 8.63. The molecule has 0 unspecified atom stereocenters. The second-order valence-electron chi connectivity index (χ2n) is 4.55. The van der Waals surface area contributed by atoms with E-state index in [2.05, 4.69) is 22.0 Å². The van der Waals surface area contributed by atoms with E-state index in [4.69, 9.17) is 10.9 Å². The molecule has 5 nitrogen and oxygen atoms in total. The van der Waals surface area contributed by atoms with Gasteiger partial charge in [-0.1, -0.05) is 12.1 Å². The Morgan fingerprint density at radius 1 is 1.53 bits per heavy atom. The molecule has 0 aliphatic carbocycles. The third kappa shape index (κ3) is 2.67. The highest BCUT2D eigenvalue weighted by Gasteiger charge is 2.16. The first-order valence-electron chi connectivity index (χ1n) is 5.89. The lowest BCUT2D eigenvalue weighted by molar-refractivity contribution is 0.318. The first kappa shape index (κ1) is 11.7. The minimum atomic E-state index is 0.0530. The average molecular weight is 234 g/mol. The van der Waals surface area contributed by atoms with Crippen LogP contribution in [0.4, 0.5) is 5.69 Å². The molecule has 0 amide bonds. The van der Waals surface area contributed by atoms with Crippen molar-refractivity contribution in [1.29, 1.82) is 0 Å². The maximum Gasteiger partial charge on any atom is 0.188 e. The van der Waals surface area contributed by atoms with Crippen molar-refractivity contribution in [3.63, 3.8) is 0 Å². The molecule has 1 fully saturated rings. The number of anilines is 1. The first-order valence-corrected chi connectivity index (χ1v) is 5.89. The number of hydrogen-bond acceptors (Lipinski definition) is 4. The van der Waals surface area contributed by atoms with E-state index in [0.29, 0.717) is 5.69 Å². The van der Waals surface area contributed by atoms with Crippen LogP contribution in [-0.2, 0) is 0 Å². The van der Waals surface area contributed by atoms with Gasteiger partial charge in [-0.15, -0.1) is 0 Å². The largest absolute Gasteiger partial charge is 0.409 e. The van der Waals surface area contributed by atoms with Gasteiger partial charge in [0.05, 0.1) is 0 Å². The van der Waals surface area contributed by atoms with Crippen LogP contribution >= 0.6 is 0 Å². The molecule has 5 heteroatoms. The normalized spacial score (nSPS) is 18.4. The van der Waals surface area contributed by atoms with Gasteiger partial charge in [0.15, 0.2) is 5.84 Å². The summed E-state index contributed by atoms with van der Waals surface area (Å²) in [6.45, 7) is 4.40. The van der Waals surface area contributed by atoms with Crippen molar-refractivity contribution in [3.05, 3.63) is 24.0 Å². The summed E-state index contributed by atoms with van der Waals surface area (Å²) in [7, 11) is 0. The Bertz CT molecular complexity index is 411. The van der Waals surface area contributed by atoms with E-state index in [1.165, 1.54) is 12.8 Å². The zero-order valence-electron chi connectivity index (χ0n) is 10.0. The Morgan fingerprint density at radius 3 is 2.88 bits per heavy atom. The number of oxime groups is 1. The monoisotopic (exact) mass is 234 g/mol. The lowest BCUT2D eigenvalue weighted by atomic mass is 9.99. The van der Waals surface area contributed by atoms with Crippen LogP contribution < -0.4 is 10.6 Å². The summed E-state index contributed by atoms with van der Waals surface area (Å²) in [5.74, 6) is 0.855. The SMILES string of the molecule is CC1CCN(c2ccnc(C(N)=NO)c2)CC1. The van der Waals surface area contributed by atoms with Gasteiger partial charge in [0.25, 0.3) is 0 Å². The molecule has 0 aromatic carbocycles. The highest BCUT2D eigenvalue weighted by atomic mass is 16.4. The van der Waals surface area contributed by atoms with Gasteiger partial charge in [-0.05, 0) is 30.9 Å². The van der Waals surface area contributed by atoms with Crippen molar-refractivity contribution in [2.75, 3.05) is 18.0 Å². The molecule has 1 aromatic rings. The minimum absolute atomic E-state index is 0.0530. The molecule has 0 atom stereocenters. The van der Waals surface area contributed by atoms with Gasteiger partial charge in [0, 0.05) is 25.0 Å². The summed E-state index contributed by atoms with van der Waals surface area (Å²) in [4.78, 5) is 6.39. The van der Waals surface area contributed by atoms with Crippen molar-refractivity contribution in [1.82, 2.24) is 4.98 Å². The molecule has 17 heavy (non-hydrogen) atoms. The molecule has 1 saturated heterocycles. The van der Waals surface area contributed by atoms with E-state index in [0.717, 1.165) is 24.7 Å². The minimum Gasteiger partial charge on any atom is -0.409 e. The van der Waals surface area contributed by atoms with Crippen molar-refractivity contribution in [3.8, 4) is 0 Å². The lowest BCUT2D eigenvalue weighted by Gasteiger charge is -2.32. The van der Waals surface area contributed by atoms with Gasteiger partial charge in [0.2, 0.25) is 0 Å². The van der Waals surface area contributed by atoms with E-state index in [1.54, 1.807) is 6.20 Å². The van der Waals surface area contributed by atoms with Crippen molar-refractivity contribution >= 4 is 11.5 Å². The lowest BCUT2D eigenvalue weighted by Crippen LogP contribution is -2.33. The van der Waals surface area contributed by atoms with Crippen LogP contribution in [0.25, 0.3) is 0 Å². The summed E-state index contributed by atoms with van der Waals surface area (Å²) in [5, 5.41) is 11.6. The third-order valence-corrected chi connectivity index (χ3v) is 3.26. The van der Waals surface area contributed by atoms with Crippen LogP contribution in [0.1, 0.15) is 25.5 Å². The fraction of sp³-hybridized carbons (Fsp3) is 0.500. The predicted octanol–water partition coefficient (Wildman–Crippen LogP) is 1.41. The molecule has 1 aliphatic heterocycles. The second-order valence-corrected chi connectivity index (χ2v) is 4.55. The zero-order valence-corrected chi connectivity index (χ0v) is 10.0. The highest BCUT2D eigenvalue weighted by molar-refractivity contribution is 5.95. The summed E-state index contributed by atoms with van der Waals surface area (Å²) in [6.07, 6.45) is 4.11. The van der Waals surface area contributed by atoms with Crippen LogP contribution in [0, 0.1) is 5.92 Å². The molecule has 2 heterocycles. The number of nitrogens with zero attached hydrogens (tertiary/aromatic N) is 3. The molecular formula is C12H18N4O. The second kappa shape index (κ2) is 5.03. The fourth-order valence-electron chi connectivity index (χ4n) is 2.07. The third-order valence-electron chi connectivity index (χ3n) is 3.26. The summed E-state index contributed by atoms with van der Waals surface area (Å²) < 4.78 is 0. The molecule has 1 aromatic heterocycles. The Hall–Kier alpha value is -1.78. The van der Waals surface area contributed by atoms with Crippen molar-refractivity contribution in [2.45, 2.75) is 19.8 Å². The topological polar surface area (TPSA) is 74.7 Å². The standard InChI is InChI=1S/C12H18N4O/c1-9-3-6-16(7-4-9)10-2-5-14-11(8-10)12(13)15-17/h2,5,8-9,17H,3-4,6-7H2,1H3,(H2,13,15). The molecule has 0 bridgehead atoms. The number of pyridine rings is 1. The summed E-state index contributed by atoms with van der Waals surface area (Å²) in [5.41, 5.74) is 7.14. The van der Waals surface area contributed by atoms with Crippen LogP contribution in [0.15, 0.2) is 23.5 Å². The van der Waals surface area contributed by atoms with Crippen molar-refractivity contribution < 1.29 is 5.21 Å². The van der Waals surface area contributed by atoms with Crippen LogP contribution in [0.2, 0.25) is 0 Å². The predicted molar refractivity (Wildman–Crippen MR) is 67.4 cm³/mol. The van der Waals surface area contributed by atoms with Crippen LogP contribution in [0.5, 0.6) is 0 Å². The summed E-state index contributed by atoms with van der Waals surface area (Å²) in [6, 6.07) is 3.83. The van der Waals surface area contributed by atoms with Gasteiger partial charge in [0.1, 0.15) is 5.69 Å². The van der Waals surface area contributed by atoms with E-state index >= 15 is 0 Å². The first-order chi connectivity index (χ1) is 8.20. The van der Waals surface area contributed by atoms with Gasteiger partial charge < -0.3 is 15.8 Å². The molecule has 0 saturated carbocycles. The fourth-order valence-corrected chi connectivity index (χ4v) is 2.07. The molecule has 2 rings (SSSR count). The number of amidine groups is 1. The Labute approximate surface area is 101 Å². The number of rotatable bonds is 2. The smallest absolute Gasteiger partial charge is 0.188 e. The molecule has 1 aliphatic rings. The van der Waals surface area contributed by atoms with Gasteiger partial charge >= 0.3 is 0 Å². The van der Waals surface area contributed by atoms with Crippen molar-refractivity contribution in [2.24, 2.45) is 16.8 Å². The van der Waals surface area contributed by atoms with Gasteiger partial charge in [-0.2, -0.15) is 0 Å². The molecule has 3 N–H and O–H groups in total. The Kier molecular flexibility index (Phi) is 3.46. The van der Waals surface area contributed by atoms with E-state index in [1.807, 2.05) is 12.1 Å². The number of piperidine rings is 1. The van der Waals surface area contributed by atoms with Gasteiger partial charge in [-0.3, -0.25) is 4.98 Å². The zero-order chi connectivity index (χ0) is 12.3. The van der Waals surface area contributed by atoms with E-state index in [9.17, 15) is 0 Å². The number of hydrogen-bond donors (Lipinski definition) is 2. The van der Waals surface area contributed by atoms with Crippen LogP contribution in [-0.4, -0.2) is 29.1 Å².